The standard InChI is InChI=1S/C10H13N3O2/c14-9-7-8(1-2-12-9)10(15)13-5-3-11-4-6-13/h1-2,7,11H,3-6H2,(H,12,14). The molecule has 0 unspecified atom stereocenters. The Morgan fingerprint density at radius 3 is 2.73 bits per heavy atom. The van der Waals surface area contributed by atoms with Crippen molar-refractivity contribution in [2.45, 2.75) is 0 Å². The second kappa shape index (κ2) is 4.27. The average Bonchev–Trinajstić information content (AvgIpc) is 2.29. The number of nitrogens with one attached hydrogen (secondary N) is 2. The SMILES string of the molecule is O=C(c1cc[nH]c(=O)c1)N1CCNCC1. The molecule has 2 heterocycles. The minimum atomic E-state index is -0.240. The number of hydrogen-bond acceptors (Lipinski definition) is 3. The van der Waals surface area contributed by atoms with Gasteiger partial charge in [-0.2, -0.15) is 0 Å². The molecule has 1 aromatic rings. The third-order valence-electron chi connectivity index (χ3n) is 2.43. The molecule has 0 spiro atoms. The zero-order chi connectivity index (χ0) is 10.7. The van der Waals surface area contributed by atoms with Crippen LogP contribution in [0.15, 0.2) is 23.1 Å². The van der Waals surface area contributed by atoms with Crippen LogP contribution >= 0.6 is 0 Å². The molecule has 1 aromatic heterocycles. The van der Waals surface area contributed by atoms with E-state index >= 15 is 0 Å². The number of nitrogens with zero attached hydrogens (tertiary/aromatic N) is 1. The van der Waals surface area contributed by atoms with Crippen molar-refractivity contribution in [2.75, 3.05) is 26.2 Å². The Balaban J connectivity index is 2.16. The van der Waals surface area contributed by atoms with Crippen LogP contribution in [0.4, 0.5) is 0 Å². The molecule has 0 radical (unpaired) electrons. The fourth-order valence-corrected chi connectivity index (χ4v) is 1.63. The van der Waals surface area contributed by atoms with E-state index in [9.17, 15) is 9.59 Å². The quantitative estimate of drug-likeness (QED) is 0.647. The summed E-state index contributed by atoms with van der Waals surface area (Å²) in [7, 11) is 0. The first-order valence-corrected chi connectivity index (χ1v) is 4.96. The van der Waals surface area contributed by atoms with E-state index in [4.69, 9.17) is 0 Å². The zero-order valence-corrected chi connectivity index (χ0v) is 8.32. The fraction of sp³-hybridized carbons (Fsp3) is 0.400. The van der Waals surface area contributed by atoms with E-state index in [0.717, 1.165) is 13.1 Å². The number of pyridine rings is 1. The third kappa shape index (κ3) is 2.24. The van der Waals surface area contributed by atoms with Gasteiger partial charge in [-0.25, -0.2) is 0 Å². The Kier molecular flexibility index (Phi) is 2.82. The highest BCUT2D eigenvalue weighted by Gasteiger charge is 2.17. The predicted molar refractivity (Wildman–Crippen MR) is 55.8 cm³/mol. The molecule has 0 saturated carbocycles. The number of piperazine rings is 1. The van der Waals surface area contributed by atoms with Crippen LogP contribution in [0.3, 0.4) is 0 Å². The minimum Gasteiger partial charge on any atom is -0.336 e. The predicted octanol–water partition coefficient (Wildman–Crippen LogP) is -0.580. The first-order chi connectivity index (χ1) is 7.27. The lowest BCUT2D eigenvalue weighted by atomic mass is 10.2. The van der Waals surface area contributed by atoms with Crippen LogP contribution in [0, 0.1) is 0 Å². The molecule has 1 amide bonds. The lowest BCUT2D eigenvalue weighted by molar-refractivity contribution is 0.0735. The van der Waals surface area contributed by atoms with E-state index in [2.05, 4.69) is 10.3 Å². The number of amides is 1. The van der Waals surface area contributed by atoms with Gasteiger partial charge in [-0.15, -0.1) is 0 Å². The number of hydrogen-bond donors (Lipinski definition) is 2. The van der Waals surface area contributed by atoms with Crippen molar-refractivity contribution in [1.82, 2.24) is 15.2 Å². The van der Waals surface area contributed by atoms with Gasteiger partial charge in [0.1, 0.15) is 0 Å². The van der Waals surface area contributed by atoms with Gasteiger partial charge >= 0.3 is 0 Å². The van der Waals surface area contributed by atoms with Gasteiger partial charge in [-0.3, -0.25) is 9.59 Å². The Bertz CT molecular complexity index is 407. The van der Waals surface area contributed by atoms with Crippen molar-refractivity contribution in [3.8, 4) is 0 Å². The van der Waals surface area contributed by atoms with Gasteiger partial charge in [0.15, 0.2) is 0 Å². The molecule has 0 aliphatic carbocycles. The lowest BCUT2D eigenvalue weighted by Gasteiger charge is -2.27. The summed E-state index contributed by atoms with van der Waals surface area (Å²) in [4.78, 5) is 27.2. The molecule has 2 rings (SSSR count). The van der Waals surface area contributed by atoms with Crippen LogP contribution in [0.2, 0.25) is 0 Å². The molecule has 0 bridgehead atoms. The molecular formula is C10H13N3O2. The van der Waals surface area contributed by atoms with Crippen molar-refractivity contribution in [1.29, 1.82) is 0 Å². The Hall–Kier alpha value is -1.62. The normalized spacial score (nSPS) is 16.4. The number of carbonyl (C=O) groups is 1. The monoisotopic (exact) mass is 207 g/mol. The fourth-order valence-electron chi connectivity index (χ4n) is 1.63. The van der Waals surface area contributed by atoms with E-state index in [1.54, 1.807) is 11.0 Å². The number of rotatable bonds is 1. The summed E-state index contributed by atoms with van der Waals surface area (Å²) in [5.74, 6) is -0.0670. The maximum Gasteiger partial charge on any atom is 0.254 e. The van der Waals surface area contributed by atoms with Crippen molar-refractivity contribution in [2.24, 2.45) is 0 Å². The Morgan fingerprint density at radius 1 is 1.33 bits per heavy atom. The highest BCUT2D eigenvalue weighted by molar-refractivity contribution is 5.94. The van der Waals surface area contributed by atoms with E-state index < -0.39 is 0 Å². The van der Waals surface area contributed by atoms with Gasteiger partial charge in [0.25, 0.3) is 5.91 Å². The summed E-state index contributed by atoms with van der Waals surface area (Å²) < 4.78 is 0. The third-order valence-corrected chi connectivity index (χ3v) is 2.43. The Labute approximate surface area is 87.1 Å². The van der Waals surface area contributed by atoms with Crippen LogP contribution in [0.25, 0.3) is 0 Å². The van der Waals surface area contributed by atoms with Gasteiger partial charge < -0.3 is 15.2 Å². The first kappa shape index (κ1) is 9.92. The van der Waals surface area contributed by atoms with E-state index in [1.165, 1.54) is 12.3 Å². The number of carbonyl (C=O) groups excluding carboxylic acids is 1. The smallest absolute Gasteiger partial charge is 0.254 e. The van der Waals surface area contributed by atoms with Crippen LogP contribution in [-0.4, -0.2) is 42.0 Å². The van der Waals surface area contributed by atoms with E-state index in [0.29, 0.717) is 18.7 Å². The summed E-state index contributed by atoms with van der Waals surface area (Å²) in [6, 6.07) is 2.97. The van der Waals surface area contributed by atoms with E-state index in [-0.39, 0.29) is 11.5 Å². The van der Waals surface area contributed by atoms with Gasteiger partial charge in [-0.05, 0) is 6.07 Å². The maximum absolute atomic E-state index is 11.9. The number of aromatic amines is 1. The molecule has 0 aromatic carbocycles. The topological polar surface area (TPSA) is 65.2 Å². The molecule has 1 aliphatic rings. The highest BCUT2D eigenvalue weighted by atomic mass is 16.2. The second-order valence-electron chi connectivity index (χ2n) is 3.48. The average molecular weight is 207 g/mol. The van der Waals surface area contributed by atoms with Gasteiger partial charge in [0.05, 0.1) is 0 Å². The largest absolute Gasteiger partial charge is 0.336 e. The molecule has 1 aliphatic heterocycles. The molecule has 5 heteroatoms. The van der Waals surface area contributed by atoms with Crippen LogP contribution in [-0.2, 0) is 0 Å². The summed E-state index contributed by atoms with van der Waals surface area (Å²) in [6.07, 6.45) is 1.50. The van der Waals surface area contributed by atoms with Crippen LogP contribution in [0.1, 0.15) is 10.4 Å². The number of H-pyrrole nitrogens is 1. The summed E-state index contributed by atoms with van der Waals surface area (Å²) in [6.45, 7) is 3.03. The lowest BCUT2D eigenvalue weighted by Crippen LogP contribution is -2.46. The molecule has 5 nitrogen and oxygen atoms in total. The van der Waals surface area contributed by atoms with Crippen LogP contribution in [0.5, 0.6) is 0 Å². The van der Waals surface area contributed by atoms with Crippen molar-refractivity contribution < 1.29 is 4.79 Å². The van der Waals surface area contributed by atoms with Crippen molar-refractivity contribution in [3.63, 3.8) is 0 Å². The van der Waals surface area contributed by atoms with Gasteiger partial charge in [-0.1, -0.05) is 0 Å². The van der Waals surface area contributed by atoms with Gasteiger partial charge in [0, 0.05) is 44.0 Å². The van der Waals surface area contributed by atoms with Gasteiger partial charge in [0.2, 0.25) is 5.56 Å². The van der Waals surface area contributed by atoms with E-state index in [1.807, 2.05) is 0 Å². The zero-order valence-electron chi connectivity index (χ0n) is 8.32. The van der Waals surface area contributed by atoms with Crippen molar-refractivity contribution in [3.05, 3.63) is 34.2 Å². The Morgan fingerprint density at radius 2 is 2.07 bits per heavy atom. The molecular weight excluding hydrogens is 194 g/mol. The van der Waals surface area contributed by atoms with Crippen molar-refractivity contribution >= 4 is 5.91 Å². The summed E-state index contributed by atoms with van der Waals surface area (Å²) in [5, 5.41) is 3.17. The second-order valence-corrected chi connectivity index (χ2v) is 3.48. The molecule has 15 heavy (non-hydrogen) atoms. The maximum atomic E-state index is 11.9. The highest BCUT2D eigenvalue weighted by Crippen LogP contribution is 2.02. The molecule has 80 valence electrons. The molecule has 1 fully saturated rings. The summed E-state index contributed by atoms with van der Waals surface area (Å²) >= 11 is 0. The first-order valence-electron chi connectivity index (χ1n) is 4.96. The minimum absolute atomic E-state index is 0.0670. The molecule has 2 N–H and O–H groups in total. The number of aromatic nitrogens is 1. The van der Waals surface area contributed by atoms with Crippen LogP contribution < -0.4 is 10.9 Å². The molecule has 0 atom stereocenters. The summed E-state index contributed by atoms with van der Waals surface area (Å²) in [5.41, 5.74) is 0.219. The molecule has 1 saturated heterocycles.